The van der Waals surface area contributed by atoms with E-state index in [2.05, 4.69) is 48.0 Å². The first-order valence-corrected chi connectivity index (χ1v) is 9.48. The van der Waals surface area contributed by atoms with Crippen molar-refractivity contribution in [3.05, 3.63) is 78.4 Å². The Balaban J connectivity index is 1.95. The summed E-state index contributed by atoms with van der Waals surface area (Å²) in [6.07, 6.45) is 6.43. The average Bonchev–Trinajstić information content (AvgIpc) is 3.16. The van der Waals surface area contributed by atoms with Crippen LogP contribution in [0.5, 0.6) is 0 Å². The molecule has 0 spiro atoms. The van der Waals surface area contributed by atoms with Gasteiger partial charge in [-0.2, -0.15) is 0 Å². The van der Waals surface area contributed by atoms with Crippen LogP contribution in [0.3, 0.4) is 0 Å². The summed E-state index contributed by atoms with van der Waals surface area (Å²) in [5.41, 5.74) is 3.23. The summed E-state index contributed by atoms with van der Waals surface area (Å²) < 4.78 is 0. The predicted octanol–water partition coefficient (Wildman–Crippen LogP) is 4.79. The zero-order valence-corrected chi connectivity index (χ0v) is 15.5. The molecule has 0 bridgehead atoms. The van der Waals surface area contributed by atoms with Crippen molar-refractivity contribution in [2.45, 2.75) is 44.7 Å². The number of carbonyl (C=O) groups is 1. The molecule has 3 nitrogen and oxygen atoms in total. The van der Waals surface area contributed by atoms with Gasteiger partial charge in [-0.05, 0) is 37.5 Å². The van der Waals surface area contributed by atoms with Gasteiger partial charge in [-0.25, -0.2) is 0 Å². The Morgan fingerprint density at radius 1 is 1.15 bits per heavy atom. The van der Waals surface area contributed by atoms with E-state index in [4.69, 9.17) is 0 Å². The van der Waals surface area contributed by atoms with E-state index in [1.807, 2.05) is 36.4 Å². The molecule has 1 aliphatic rings. The molecule has 1 fully saturated rings. The molecule has 1 saturated carbocycles. The van der Waals surface area contributed by atoms with Crippen LogP contribution in [0, 0.1) is 6.92 Å². The monoisotopic (exact) mass is 348 g/mol. The number of carbonyl (C=O) groups excluding carboxylic acids is 1. The number of anilines is 1. The van der Waals surface area contributed by atoms with Crippen LogP contribution in [0.15, 0.2) is 67.3 Å². The largest absolute Gasteiger partial charge is 0.352 e. The van der Waals surface area contributed by atoms with E-state index in [0.29, 0.717) is 12.6 Å². The number of para-hydroxylation sites is 1. The fourth-order valence-corrected chi connectivity index (χ4v) is 3.69. The summed E-state index contributed by atoms with van der Waals surface area (Å²) >= 11 is 0. The molecule has 0 radical (unpaired) electrons. The van der Waals surface area contributed by atoms with E-state index in [9.17, 15) is 4.79 Å². The fraction of sp³-hybridized carbons (Fsp3) is 0.348. The molecule has 3 heteroatoms. The third-order valence-corrected chi connectivity index (χ3v) is 5.07. The summed E-state index contributed by atoms with van der Waals surface area (Å²) in [4.78, 5) is 15.4. The van der Waals surface area contributed by atoms with Crippen LogP contribution < -0.4 is 10.2 Å². The van der Waals surface area contributed by atoms with E-state index in [1.54, 1.807) is 0 Å². The maximum atomic E-state index is 13.3. The number of nitrogens with zero attached hydrogens (tertiary/aromatic N) is 1. The first kappa shape index (κ1) is 18.2. The summed E-state index contributed by atoms with van der Waals surface area (Å²) in [6, 6.07) is 18.3. The molecule has 0 aliphatic heterocycles. The second kappa shape index (κ2) is 8.70. The van der Waals surface area contributed by atoms with Crippen molar-refractivity contribution < 1.29 is 4.79 Å². The lowest BCUT2D eigenvalue weighted by molar-refractivity contribution is -0.123. The number of amides is 1. The zero-order chi connectivity index (χ0) is 18.4. The minimum Gasteiger partial charge on any atom is -0.352 e. The molecule has 1 atom stereocenters. The van der Waals surface area contributed by atoms with Gasteiger partial charge < -0.3 is 10.2 Å². The van der Waals surface area contributed by atoms with Crippen molar-refractivity contribution in [1.82, 2.24) is 5.32 Å². The van der Waals surface area contributed by atoms with E-state index in [1.165, 1.54) is 18.4 Å². The number of nitrogens with one attached hydrogen (secondary N) is 1. The summed E-state index contributed by atoms with van der Waals surface area (Å²) in [6.45, 7) is 6.58. The second-order valence-corrected chi connectivity index (χ2v) is 7.08. The van der Waals surface area contributed by atoms with Gasteiger partial charge in [0.1, 0.15) is 6.04 Å². The second-order valence-electron chi connectivity index (χ2n) is 7.08. The summed E-state index contributed by atoms with van der Waals surface area (Å²) in [5.74, 6) is 0.0754. The van der Waals surface area contributed by atoms with Crippen LogP contribution >= 0.6 is 0 Å². The Morgan fingerprint density at radius 3 is 2.42 bits per heavy atom. The van der Waals surface area contributed by atoms with Crippen LogP contribution in [-0.4, -0.2) is 18.5 Å². The van der Waals surface area contributed by atoms with E-state index in [-0.39, 0.29) is 11.9 Å². The number of benzene rings is 2. The number of aryl methyl sites for hydroxylation is 1. The molecular weight excluding hydrogens is 320 g/mol. The normalized spacial score (nSPS) is 15.4. The van der Waals surface area contributed by atoms with Gasteiger partial charge >= 0.3 is 0 Å². The van der Waals surface area contributed by atoms with Gasteiger partial charge in [0.25, 0.3) is 0 Å². The molecule has 136 valence electrons. The topological polar surface area (TPSA) is 32.3 Å². The Bertz CT molecular complexity index is 718. The van der Waals surface area contributed by atoms with Gasteiger partial charge in [0.05, 0.1) is 0 Å². The molecule has 0 saturated heterocycles. The predicted molar refractivity (Wildman–Crippen MR) is 108 cm³/mol. The first-order chi connectivity index (χ1) is 12.7. The van der Waals surface area contributed by atoms with Crippen LogP contribution in [0.4, 0.5) is 5.69 Å². The smallest absolute Gasteiger partial charge is 0.247 e. The summed E-state index contributed by atoms with van der Waals surface area (Å²) in [7, 11) is 0. The molecule has 2 aromatic rings. The van der Waals surface area contributed by atoms with Crippen LogP contribution in [0.25, 0.3) is 0 Å². The first-order valence-electron chi connectivity index (χ1n) is 9.48. The van der Waals surface area contributed by atoms with Gasteiger partial charge in [-0.3, -0.25) is 4.79 Å². The van der Waals surface area contributed by atoms with Gasteiger partial charge in [0.2, 0.25) is 5.91 Å². The Morgan fingerprint density at radius 2 is 1.81 bits per heavy atom. The van der Waals surface area contributed by atoms with Crippen LogP contribution in [-0.2, 0) is 4.79 Å². The quantitative estimate of drug-likeness (QED) is 0.730. The highest BCUT2D eigenvalue weighted by Gasteiger charge is 2.29. The van der Waals surface area contributed by atoms with Crippen molar-refractivity contribution in [2.75, 3.05) is 11.4 Å². The van der Waals surface area contributed by atoms with E-state index in [0.717, 1.165) is 24.1 Å². The Kier molecular flexibility index (Phi) is 6.11. The molecule has 2 aromatic carbocycles. The minimum atomic E-state index is -0.364. The molecule has 1 N–H and O–H groups in total. The van der Waals surface area contributed by atoms with Crippen molar-refractivity contribution >= 4 is 11.6 Å². The minimum absolute atomic E-state index is 0.0754. The van der Waals surface area contributed by atoms with Gasteiger partial charge in [0, 0.05) is 18.3 Å². The molecule has 1 amide bonds. The lowest BCUT2D eigenvalue weighted by atomic mass is 10.0. The zero-order valence-electron chi connectivity index (χ0n) is 15.5. The number of hydrogen-bond acceptors (Lipinski definition) is 2. The maximum Gasteiger partial charge on any atom is 0.247 e. The molecule has 26 heavy (non-hydrogen) atoms. The standard InChI is InChI=1S/C23H28N2O/c1-3-17-25(21-11-5-4-6-12-21)22(19-15-13-18(2)14-16-19)23(26)24-20-9-7-8-10-20/h3-6,11-16,20,22H,1,7-10,17H2,2H3,(H,24,26)/t22-/m0/s1. The lowest BCUT2D eigenvalue weighted by Crippen LogP contribution is -2.44. The lowest BCUT2D eigenvalue weighted by Gasteiger charge is -2.33. The summed E-state index contributed by atoms with van der Waals surface area (Å²) in [5, 5.41) is 3.29. The Hall–Kier alpha value is -2.55. The van der Waals surface area contributed by atoms with Gasteiger partial charge in [-0.15, -0.1) is 6.58 Å². The molecule has 0 unspecified atom stereocenters. The van der Waals surface area contributed by atoms with Crippen molar-refractivity contribution in [2.24, 2.45) is 0 Å². The maximum absolute atomic E-state index is 13.3. The Labute approximate surface area is 156 Å². The third-order valence-electron chi connectivity index (χ3n) is 5.07. The highest BCUT2D eigenvalue weighted by Crippen LogP contribution is 2.29. The van der Waals surface area contributed by atoms with E-state index >= 15 is 0 Å². The number of rotatable bonds is 7. The molecule has 3 rings (SSSR count). The fourth-order valence-electron chi connectivity index (χ4n) is 3.69. The van der Waals surface area contributed by atoms with Crippen molar-refractivity contribution in [3.8, 4) is 0 Å². The molecule has 1 aliphatic carbocycles. The third kappa shape index (κ3) is 4.34. The van der Waals surface area contributed by atoms with Crippen molar-refractivity contribution in [1.29, 1.82) is 0 Å². The molecule has 0 aromatic heterocycles. The van der Waals surface area contributed by atoms with Crippen LogP contribution in [0.2, 0.25) is 0 Å². The van der Waals surface area contributed by atoms with Gasteiger partial charge in [-0.1, -0.05) is 66.9 Å². The highest BCUT2D eigenvalue weighted by molar-refractivity contribution is 5.87. The number of hydrogen-bond donors (Lipinski definition) is 1. The van der Waals surface area contributed by atoms with Crippen molar-refractivity contribution in [3.63, 3.8) is 0 Å². The SMILES string of the molecule is C=CCN(c1ccccc1)[C@H](C(=O)NC1CCCC1)c1ccc(C)cc1. The average molecular weight is 348 g/mol. The molecule has 0 heterocycles. The molecular formula is C23H28N2O. The van der Waals surface area contributed by atoms with E-state index < -0.39 is 0 Å². The highest BCUT2D eigenvalue weighted by atomic mass is 16.2. The van der Waals surface area contributed by atoms with Crippen LogP contribution in [0.1, 0.15) is 42.9 Å². The van der Waals surface area contributed by atoms with Gasteiger partial charge in [0.15, 0.2) is 0 Å².